The maximum absolute atomic E-state index is 12.7. The molecule has 3 heterocycles. The fourth-order valence-corrected chi connectivity index (χ4v) is 3.73. The Bertz CT molecular complexity index is 700. The van der Waals surface area contributed by atoms with E-state index < -0.39 is 0 Å². The van der Waals surface area contributed by atoms with Crippen LogP contribution in [-0.4, -0.2) is 28.4 Å². The van der Waals surface area contributed by atoms with Gasteiger partial charge in [-0.1, -0.05) is 30.4 Å². The van der Waals surface area contributed by atoms with Crippen LogP contribution in [0.15, 0.2) is 42.6 Å². The Kier molecular flexibility index (Phi) is 3.06. The third-order valence-corrected chi connectivity index (χ3v) is 4.90. The highest BCUT2D eigenvalue weighted by molar-refractivity contribution is 5.89. The van der Waals surface area contributed by atoms with Crippen LogP contribution in [0.4, 0.5) is 0 Å². The number of rotatable bonds is 2. The number of nitrogens with zero attached hydrogens (tertiary/aromatic N) is 1. The van der Waals surface area contributed by atoms with E-state index in [-0.39, 0.29) is 5.91 Å². The highest BCUT2D eigenvalue weighted by atomic mass is 16.2. The van der Waals surface area contributed by atoms with Crippen molar-refractivity contribution >= 4 is 16.8 Å². The number of aromatic nitrogens is 1. The predicted molar refractivity (Wildman–Crippen MR) is 84.0 cm³/mol. The van der Waals surface area contributed by atoms with Gasteiger partial charge >= 0.3 is 0 Å². The average molecular weight is 280 g/mol. The van der Waals surface area contributed by atoms with Gasteiger partial charge in [-0.2, -0.15) is 0 Å². The molecule has 5 rings (SSSR count). The van der Waals surface area contributed by atoms with E-state index in [2.05, 4.69) is 34.2 Å². The van der Waals surface area contributed by atoms with E-state index in [0.29, 0.717) is 18.4 Å². The van der Waals surface area contributed by atoms with Crippen LogP contribution in [0.25, 0.3) is 10.9 Å². The van der Waals surface area contributed by atoms with Crippen LogP contribution in [0.5, 0.6) is 0 Å². The summed E-state index contributed by atoms with van der Waals surface area (Å²) in [6, 6.07) is 8.61. The molecular formula is C18H20N2O. The summed E-state index contributed by atoms with van der Waals surface area (Å²) in [5.74, 6) is 0.842. The summed E-state index contributed by atoms with van der Waals surface area (Å²) >= 11 is 0. The molecule has 0 spiro atoms. The number of nitrogens with one attached hydrogen (secondary N) is 1. The zero-order chi connectivity index (χ0) is 14.2. The van der Waals surface area contributed by atoms with Crippen LogP contribution in [0.2, 0.25) is 0 Å². The smallest absolute Gasteiger partial charge is 0.227 e. The van der Waals surface area contributed by atoms with Gasteiger partial charge in [0.05, 0.1) is 6.42 Å². The van der Waals surface area contributed by atoms with Crippen molar-refractivity contribution in [3.05, 3.63) is 48.2 Å². The molecule has 3 nitrogen and oxygen atoms in total. The van der Waals surface area contributed by atoms with Crippen molar-refractivity contribution in [3.63, 3.8) is 0 Å². The van der Waals surface area contributed by atoms with Crippen LogP contribution in [0.1, 0.15) is 24.8 Å². The van der Waals surface area contributed by atoms with Gasteiger partial charge in [0.15, 0.2) is 0 Å². The van der Waals surface area contributed by atoms with E-state index in [1.165, 1.54) is 11.8 Å². The van der Waals surface area contributed by atoms with Gasteiger partial charge in [-0.05, 0) is 36.8 Å². The lowest BCUT2D eigenvalue weighted by molar-refractivity contribution is -0.134. The molecule has 1 aliphatic carbocycles. The maximum atomic E-state index is 12.7. The molecule has 2 bridgehead atoms. The predicted octanol–water partition coefficient (Wildman–Crippen LogP) is 3.28. The number of hydrogen-bond donors (Lipinski definition) is 1. The maximum Gasteiger partial charge on any atom is 0.227 e. The van der Waals surface area contributed by atoms with Crippen molar-refractivity contribution < 1.29 is 4.79 Å². The molecule has 108 valence electrons. The minimum Gasteiger partial charge on any atom is -0.361 e. The molecule has 1 N–H and O–H groups in total. The monoisotopic (exact) mass is 280 g/mol. The van der Waals surface area contributed by atoms with E-state index in [1.54, 1.807) is 0 Å². The molecule has 1 aromatic carbocycles. The van der Waals surface area contributed by atoms with Crippen molar-refractivity contribution in [1.29, 1.82) is 0 Å². The van der Waals surface area contributed by atoms with Gasteiger partial charge in [-0.25, -0.2) is 0 Å². The number of benzene rings is 1. The van der Waals surface area contributed by atoms with Gasteiger partial charge in [0.2, 0.25) is 5.91 Å². The Morgan fingerprint density at radius 3 is 3.14 bits per heavy atom. The number of carbonyl (C=O) groups excluding carboxylic acids is 1. The molecule has 2 aromatic rings. The molecule has 3 aliphatic rings. The Balaban J connectivity index is 1.56. The summed E-state index contributed by atoms with van der Waals surface area (Å²) in [4.78, 5) is 18.1. The second-order valence-electron chi connectivity index (χ2n) is 6.24. The van der Waals surface area contributed by atoms with Crippen molar-refractivity contribution in [2.75, 3.05) is 6.54 Å². The zero-order valence-corrected chi connectivity index (χ0v) is 12.1. The molecule has 0 radical (unpaired) electrons. The third kappa shape index (κ3) is 2.27. The first-order valence-corrected chi connectivity index (χ1v) is 7.82. The summed E-state index contributed by atoms with van der Waals surface area (Å²) in [6.45, 7) is 0.905. The van der Waals surface area contributed by atoms with Crippen molar-refractivity contribution in [2.24, 2.45) is 5.92 Å². The molecule has 1 saturated heterocycles. The second-order valence-corrected chi connectivity index (χ2v) is 6.24. The minimum absolute atomic E-state index is 0.276. The number of carbonyl (C=O) groups is 1. The molecular weight excluding hydrogens is 260 g/mol. The molecule has 2 aliphatic heterocycles. The van der Waals surface area contributed by atoms with Gasteiger partial charge in [0.1, 0.15) is 0 Å². The SMILES string of the molecule is O=C(Cc1c[nH]c2ccccc12)N1CC2C=CCC1CC2. The Hall–Kier alpha value is -2.03. The van der Waals surface area contributed by atoms with Crippen molar-refractivity contribution in [2.45, 2.75) is 31.7 Å². The normalized spacial score (nSPS) is 24.5. The fraction of sp³-hybridized carbons (Fsp3) is 0.389. The molecule has 1 amide bonds. The van der Waals surface area contributed by atoms with Crippen LogP contribution in [0, 0.1) is 5.92 Å². The number of para-hydroxylation sites is 1. The molecule has 21 heavy (non-hydrogen) atoms. The quantitative estimate of drug-likeness (QED) is 0.842. The largest absolute Gasteiger partial charge is 0.361 e. The molecule has 3 heteroatoms. The molecule has 2 unspecified atom stereocenters. The zero-order valence-electron chi connectivity index (χ0n) is 12.1. The van der Waals surface area contributed by atoms with E-state index in [9.17, 15) is 4.79 Å². The Morgan fingerprint density at radius 2 is 2.19 bits per heavy atom. The van der Waals surface area contributed by atoms with Crippen LogP contribution in [0.3, 0.4) is 0 Å². The standard InChI is InChI=1S/C18H20N2O/c21-18(20-12-13-4-3-5-15(20)9-8-13)10-14-11-19-17-7-2-1-6-16(14)17/h1-4,6-7,11,13,15,19H,5,8-10,12H2. The van der Waals surface area contributed by atoms with E-state index in [0.717, 1.165) is 30.5 Å². The molecule has 2 atom stereocenters. The number of H-pyrrole nitrogens is 1. The van der Waals surface area contributed by atoms with E-state index >= 15 is 0 Å². The number of fused-ring (bicyclic) bond motifs is 4. The molecule has 0 saturated carbocycles. The summed E-state index contributed by atoms with van der Waals surface area (Å²) in [5, 5.41) is 1.17. The third-order valence-electron chi connectivity index (χ3n) is 4.90. The summed E-state index contributed by atoms with van der Waals surface area (Å²) < 4.78 is 0. The summed E-state index contributed by atoms with van der Waals surface area (Å²) in [5.41, 5.74) is 2.23. The van der Waals surface area contributed by atoms with Gasteiger partial charge in [0.25, 0.3) is 0 Å². The Morgan fingerprint density at radius 1 is 1.29 bits per heavy atom. The highest BCUT2D eigenvalue weighted by Crippen LogP contribution is 2.30. The van der Waals surface area contributed by atoms with Gasteiger partial charge in [-0.15, -0.1) is 0 Å². The molecule has 1 aromatic heterocycles. The first-order valence-electron chi connectivity index (χ1n) is 7.82. The first kappa shape index (κ1) is 12.7. The Labute approximate surface area is 124 Å². The lowest BCUT2D eigenvalue weighted by atomic mass is 9.94. The van der Waals surface area contributed by atoms with Gasteiger partial charge < -0.3 is 9.88 Å². The number of amides is 1. The highest BCUT2D eigenvalue weighted by Gasteiger charge is 2.31. The average Bonchev–Trinajstić information content (AvgIpc) is 2.69. The fourth-order valence-electron chi connectivity index (χ4n) is 3.73. The van der Waals surface area contributed by atoms with Crippen LogP contribution in [-0.2, 0) is 11.2 Å². The molecule has 1 fully saturated rings. The number of hydrogen-bond acceptors (Lipinski definition) is 1. The van der Waals surface area contributed by atoms with E-state index in [4.69, 9.17) is 0 Å². The van der Waals surface area contributed by atoms with Gasteiger partial charge in [0, 0.05) is 29.7 Å². The van der Waals surface area contributed by atoms with Crippen LogP contribution >= 0.6 is 0 Å². The topological polar surface area (TPSA) is 36.1 Å². The summed E-state index contributed by atoms with van der Waals surface area (Å²) in [7, 11) is 0. The lowest BCUT2D eigenvalue weighted by Crippen LogP contribution is -2.45. The number of aromatic amines is 1. The van der Waals surface area contributed by atoms with E-state index in [1.807, 2.05) is 18.3 Å². The van der Waals surface area contributed by atoms with Crippen LogP contribution < -0.4 is 0 Å². The lowest BCUT2D eigenvalue weighted by Gasteiger charge is -2.36. The van der Waals surface area contributed by atoms with Gasteiger partial charge in [-0.3, -0.25) is 4.79 Å². The second kappa shape index (κ2) is 5.06. The van der Waals surface area contributed by atoms with Crippen molar-refractivity contribution in [1.82, 2.24) is 9.88 Å². The first-order chi connectivity index (χ1) is 10.3. The van der Waals surface area contributed by atoms with Crippen molar-refractivity contribution in [3.8, 4) is 0 Å². The summed E-state index contributed by atoms with van der Waals surface area (Å²) in [6.07, 6.45) is 10.5. The minimum atomic E-state index is 0.276. The number of piperidine rings is 1.